The van der Waals surface area contributed by atoms with Gasteiger partial charge in [-0.15, -0.1) is 10.2 Å². The minimum atomic E-state index is -0.382. The lowest BCUT2D eigenvalue weighted by Crippen LogP contribution is -2.13. The van der Waals surface area contributed by atoms with Crippen molar-refractivity contribution >= 4 is 34.3 Å². The summed E-state index contributed by atoms with van der Waals surface area (Å²) in [5.41, 5.74) is 1.86. The number of nitrogens with two attached hydrogens (primary N) is 1. The van der Waals surface area contributed by atoms with Gasteiger partial charge < -0.3 is 10.3 Å². The molecule has 124 valence electrons. The summed E-state index contributed by atoms with van der Waals surface area (Å²) in [6.07, 6.45) is 2.23. The molecule has 0 spiro atoms. The number of aromatic nitrogens is 3. The van der Waals surface area contributed by atoms with Crippen molar-refractivity contribution in [2.45, 2.75) is 36.6 Å². The summed E-state index contributed by atoms with van der Waals surface area (Å²) in [4.78, 5) is 11.8. The van der Waals surface area contributed by atoms with Gasteiger partial charge in [-0.05, 0) is 43.0 Å². The standard InChI is InChI=1S/C16H15ClN4O2S/c1-8-4-13-11(6-12(8)17)10(5-14(22)23-13)7-24-16-20-19-15(21(16)18)9-2-3-9/h4-6,9H,2-3,7,18H2,1H3. The number of halogens is 1. The fourth-order valence-electron chi connectivity index (χ4n) is 2.62. The first-order chi connectivity index (χ1) is 11.5. The Hall–Kier alpha value is -1.99. The number of thioether (sulfide) groups is 1. The van der Waals surface area contributed by atoms with E-state index in [2.05, 4.69) is 10.2 Å². The van der Waals surface area contributed by atoms with Crippen LogP contribution in [-0.2, 0) is 5.75 Å². The molecule has 0 saturated heterocycles. The maximum atomic E-state index is 11.8. The van der Waals surface area contributed by atoms with Gasteiger partial charge >= 0.3 is 5.63 Å². The topological polar surface area (TPSA) is 86.9 Å². The van der Waals surface area contributed by atoms with Crippen LogP contribution >= 0.6 is 23.4 Å². The van der Waals surface area contributed by atoms with Crippen molar-refractivity contribution < 1.29 is 4.42 Å². The van der Waals surface area contributed by atoms with Crippen molar-refractivity contribution in [2.75, 3.05) is 5.84 Å². The second-order valence-corrected chi connectivity index (χ2v) is 7.31. The van der Waals surface area contributed by atoms with E-state index in [0.29, 0.717) is 27.4 Å². The van der Waals surface area contributed by atoms with Crippen molar-refractivity contribution in [3.8, 4) is 0 Å². The Balaban J connectivity index is 1.67. The van der Waals surface area contributed by atoms with Crippen LogP contribution < -0.4 is 11.5 Å². The van der Waals surface area contributed by atoms with Gasteiger partial charge in [-0.3, -0.25) is 0 Å². The third-order valence-electron chi connectivity index (χ3n) is 4.10. The highest BCUT2D eigenvalue weighted by atomic mass is 35.5. The lowest BCUT2D eigenvalue weighted by molar-refractivity contribution is 0.559. The maximum Gasteiger partial charge on any atom is 0.336 e. The fourth-order valence-corrected chi connectivity index (χ4v) is 3.63. The molecule has 1 saturated carbocycles. The Morgan fingerprint density at radius 1 is 1.38 bits per heavy atom. The van der Waals surface area contributed by atoms with Crippen LogP contribution in [0.2, 0.25) is 5.02 Å². The number of hydrogen-bond acceptors (Lipinski definition) is 6. The Morgan fingerprint density at radius 3 is 2.92 bits per heavy atom. The molecule has 3 aromatic rings. The third kappa shape index (κ3) is 2.78. The van der Waals surface area contributed by atoms with E-state index in [4.69, 9.17) is 21.9 Å². The molecule has 1 aliphatic rings. The fraction of sp³-hybridized carbons (Fsp3) is 0.312. The van der Waals surface area contributed by atoms with Crippen molar-refractivity contribution in [1.82, 2.24) is 14.9 Å². The van der Waals surface area contributed by atoms with Crippen molar-refractivity contribution in [3.05, 3.63) is 50.6 Å². The van der Waals surface area contributed by atoms with Crippen LogP contribution in [0.5, 0.6) is 0 Å². The highest BCUT2D eigenvalue weighted by molar-refractivity contribution is 7.98. The van der Waals surface area contributed by atoms with E-state index in [1.54, 1.807) is 10.7 Å². The van der Waals surface area contributed by atoms with E-state index in [0.717, 1.165) is 35.2 Å². The van der Waals surface area contributed by atoms with Crippen LogP contribution in [0.1, 0.15) is 35.7 Å². The molecular formula is C16H15ClN4O2S. The molecule has 4 rings (SSSR count). The van der Waals surface area contributed by atoms with Crippen LogP contribution in [0, 0.1) is 6.92 Å². The van der Waals surface area contributed by atoms with Gasteiger partial charge in [0.25, 0.3) is 0 Å². The summed E-state index contributed by atoms with van der Waals surface area (Å²) in [5, 5.41) is 10.4. The van der Waals surface area contributed by atoms with Gasteiger partial charge in [0.1, 0.15) is 5.58 Å². The molecule has 2 N–H and O–H groups in total. The van der Waals surface area contributed by atoms with Gasteiger partial charge in [0.05, 0.1) is 0 Å². The quantitative estimate of drug-likeness (QED) is 0.435. The molecule has 0 amide bonds. The molecule has 2 heterocycles. The zero-order chi connectivity index (χ0) is 16.8. The molecule has 24 heavy (non-hydrogen) atoms. The third-order valence-corrected chi connectivity index (χ3v) is 5.50. The second kappa shape index (κ2) is 5.82. The van der Waals surface area contributed by atoms with Crippen molar-refractivity contribution in [1.29, 1.82) is 0 Å². The largest absolute Gasteiger partial charge is 0.423 e. The molecule has 0 aliphatic heterocycles. The predicted molar refractivity (Wildman–Crippen MR) is 93.9 cm³/mol. The number of aryl methyl sites for hydroxylation is 1. The lowest BCUT2D eigenvalue weighted by atomic mass is 10.1. The van der Waals surface area contributed by atoms with Crippen LogP contribution in [0.25, 0.3) is 11.0 Å². The number of nitrogens with zero attached hydrogens (tertiary/aromatic N) is 3. The first-order valence-corrected chi connectivity index (χ1v) is 8.95. The Labute approximate surface area is 147 Å². The van der Waals surface area contributed by atoms with Gasteiger partial charge in [-0.2, -0.15) is 0 Å². The van der Waals surface area contributed by atoms with Crippen LogP contribution in [0.15, 0.2) is 32.6 Å². The van der Waals surface area contributed by atoms with Gasteiger partial charge in [0.15, 0.2) is 5.82 Å². The lowest BCUT2D eigenvalue weighted by Gasteiger charge is -2.07. The van der Waals surface area contributed by atoms with E-state index in [1.165, 1.54) is 17.8 Å². The minimum Gasteiger partial charge on any atom is -0.423 e. The summed E-state index contributed by atoms with van der Waals surface area (Å²) < 4.78 is 6.83. The Bertz CT molecular complexity index is 994. The van der Waals surface area contributed by atoms with E-state index in [1.807, 2.05) is 13.0 Å². The van der Waals surface area contributed by atoms with Crippen molar-refractivity contribution in [2.24, 2.45) is 0 Å². The molecule has 6 nitrogen and oxygen atoms in total. The van der Waals surface area contributed by atoms with E-state index in [9.17, 15) is 4.79 Å². The monoisotopic (exact) mass is 362 g/mol. The van der Waals surface area contributed by atoms with E-state index < -0.39 is 0 Å². The van der Waals surface area contributed by atoms with Gasteiger partial charge in [0.2, 0.25) is 5.16 Å². The minimum absolute atomic E-state index is 0.382. The summed E-state index contributed by atoms with van der Waals surface area (Å²) in [6.45, 7) is 1.87. The first kappa shape index (κ1) is 15.5. The average molecular weight is 363 g/mol. The second-order valence-electron chi connectivity index (χ2n) is 5.96. The predicted octanol–water partition coefficient (Wildman–Crippen LogP) is 3.23. The molecule has 0 bridgehead atoms. The highest BCUT2D eigenvalue weighted by Gasteiger charge is 2.29. The molecule has 1 fully saturated rings. The summed E-state index contributed by atoms with van der Waals surface area (Å²) in [5.74, 6) is 7.85. The highest BCUT2D eigenvalue weighted by Crippen LogP contribution is 2.39. The van der Waals surface area contributed by atoms with Gasteiger partial charge in [-0.1, -0.05) is 23.4 Å². The Kier molecular flexibility index (Phi) is 3.77. The summed E-state index contributed by atoms with van der Waals surface area (Å²) in [6, 6.07) is 5.09. The molecule has 0 radical (unpaired) electrons. The SMILES string of the molecule is Cc1cc2oc(=O)cc(CSc3nnc(C4CC4)n3N)c2cc1Cl. The zero-order valence-electron chi connectivity index (χ0n) is 13.0. The van der Waals surface area contributed by atoms with Gasteiger partial charge in [-0.25, -0.2) is 9.47 Å². The number of fused-ring (bicyclic) bond motifs is 1. The van der Waals surface area contributed by atoms with Crippen LogP contribution in [-0.4, -0.2) is 14.9 Å². The number of benzene rings is 1. The van der Waals surface area contributed by atoms with E-state index in [-0.39, 0.29) is 5.63 Å². The normalized spacial score (nSPS) is 14.4. The number of nitrogen functional groups attached to an aromatic ring is 1. The summed E-state index contributed by atoms with van der Waals surface area (Å²) >= 11 is 7.65. The Morgan fingerprint density at radius 2 is 2.17 bits per heavy atom. The maximum absolute atomic E-state index is 11.8. The van der Waals surface area contributed by atoms with Crippen molar-refractivity contribution in [3.63, 3.8) is 0 Å². The molecule has 2 aromatic heterocycles. The summed E-state index contributed by atoms with van der Waals surface area (Å²) in [7, 11) is 0. The van der Waals surface area contributed by atoms with E-state index >= 15 is 0 Å². The van der Waals surface area contributed by atoms with Crippen LogP contribution in [0.3, 0.4) is 0 Å². The zero-order valence-corrected chi connectivity index (χ0v) is 14.5. The molecule has 0 unspecified atom stereocenters. The first-order valence-electron chi connectivity index (χ1n) is 7.59. The molecule has 8 heteroatoms. The molecule has 1 aromatic carbocycles. The molecule has 1 aliphatic carbocycles. The molecular weight excluding hydrogens is 348 g/mol. The van der Waals surface area contributed by atoms with Gasteiger partial charge in [0, 0.05) is 28.1 Å². The number of rotatable bonds is 4. The average Bonchev–Trinajstić information content (AvgIpc) is 3.31. The molecule has 0 atom stereocenters. The number of hydrogen-bond donors (Lipinski definition) is 1. The van der Waals surface area contributed by atoms with Crippen LogP contribution in [0.4, 0.5) is 0 Å². The smallest absolute Gasteiger partial charge is 0.336 e.